The molecule has 0 spiro atoms. The van der Waals surface area contributed by atoms with Crippen LogP contribution >= 0.6 is 0 Å². The Morgan fingerprint density at radius 3 is 2.67 bits per heavy atom. The van der Waals surface area contributed by atoms with E-state index >= 15 is 0 Å². The lowest BCUT2D eigenvalue weighted by Gasteiger charge is -2.04. The van der Waals surface area contributed by atoms with E-state index in [1.165, 1.54) is 0 Å². The fraction of sp³-hybridized carbons (Fsp3) is 0.278. The Labute approximate surface area is 125 Å². The lowest BCUT2D eigenvalue weighted by Crippen LogP contribution is -2.06. The van der Waals surface area contributed by atoms with Gasteiger partial charge in [-0.2, -0.15) is 0 Å². The van der Waals surface area contributed by atoms with Crippen LogP contribution < -0.4 is 0 Å². The van der Waals surface area contributed by atoms with Crippen LogP contribution in [0.5, 0.6) is 0 Å². The van der Waals surface area contributed by atoms with Crippen molar-refractivity contribution in [2.75, 3.05) is 6.61 Å². The second-order valence-corrected chi connectivity index (χ2v) is 4.67. The van der Waals surface area contributed by atoms with Crippen LogP contribution in [-0.2, 0) is 4.74 Å². The van der Waals surface area contributed by atoms with Gasteiger partial charge in [0.1, 0.15) is 11.3 Å². The number of hydrogen-bond acceptors (Lipinski definition) is 3. The molecule has 0 aliphatic heterocycles. The molecule has 0 aliphatic rings. The first-order valence-electron chi connectivity index (χ1n) is 7.28. The van der Waals surface area contributed by atoms with Crippen LogP contribution in [0.4, 0.5) is 0 Å². The summed E-state index contributed by atoms with van der Waals surface area (Å²) in [5, 5.41) is 0. The van der Waals surface area contributed by atoms with Gasteiger partial charge in [0, 0.05) is 5.56 Å². The Bertz CT molecular complexity index is 609. The summed E-state index contributed by atoms with van der Waals surface area (Å²) in [5.41, 5.74) is 2.21. The highest BCUT2D eigenvalue weighted by molar-refractivity contribution is 6.00. The standard InChI is InChI=1S/C18H20O3/c1-3-5-7-12-16-17(18(19)20-4-2)15(13-21-16)14-10-8-6-9-11-14/h6-13H,3-5H2,1-2H3/b12-7+. The lowest BCUT2D eigenvalue weighted by molar-refractivity contribution is 0.0526. The van der Waals surface area contributed by atoms with Gasteiger partial charge in [0.05, 0.1) is 12.9 Å². The summed E-state index contributed by atoms with van der Waals surface area (Å²) >= 11 is 0. The quantitative estimate of drug-likeness (QED) is 0.705. The number of allylic oxidation sites excluding steroid dienone is 1. The van der Waals surface area contributed by atoms with E-state index < -0.39 is 0 Å². The zero-order chi connectivity index (χ0) is 15.1. The van der Waals surface area contributed by atoms with Gasteiger partial charge in [-0.05, 0) is 25.0 Å². The second-order valence-electron chi connectivity index (χ2n) is 4.67. The maximum Gasteiger partial charge on any atom is 0.342 e. The zero-order valence-corrected chi connectivity index (χ0v) is 12.5. The SMILES string of the molecule is CCC/C=C/c1occ(-c2ccccc2)c1C(=O)OCC. The number of carbonyl (C=O) groups is 1. The van der Waals surface area contributed by atoms with Crippen LogP contribution in [0.1, 0.15) is 42.8 Å². The number of hydrogen-bond donors (Lipinski definition) is 0. The molecule has 0 amide bonds. The molecule has 0 radical (unpaired) electrons. The van der Waals surface area contributed by atoms with Crippen LogP contribution in [-0.4, -0.2) is 12.6 Å². The van der Waals surface area contributed by atoms with Crippen molar-refractivity contribution in [3.63, 3.8) is 0 Å². The van der Waals surface area contributed by atoms with Gasteiger partial charge in [-0.1, -0.05) is 49.8 Å². The van der Waals surface area contributed by atoms with E-state index in [4.69, 9.17) is 9.15 Å². The fourth-order valence-corrected chi connectivity index (χ4v) is 2.10. The molecule has 0 aliphatic carbocycles. The average Bonchev–Trinajstić information content (AvgIpc) is 2.93. The second kappa shape index (κ2) is 7.48. The van der Waals surface area contributed by atoms with Crippen molar-refractivity contribution in [1.29, 1.82) is 0 Å². The van der Waals surface area contributed by atoms with E-state index in [1.54, 1.807) is 13.2 Å². The molecule has 0 N–H and O–H groups in total. The van der Waals surface area contributed by atoms with Gasteiger partial charge < -0.3 is 9.15 Å². The first-order valence-corrected chi connectivity index (χ1v) is 7.28. The van der Waals surface area contributed by atoms with Crippen LogP contribution in [0.2, 0.25) is 0 Å². The van der Waals surface area contributed by atoms with Crippen LogP contribution in [0.3, 0.4) is 0 Å². The van der Waals surface area contributed by atoms with Crippen LogP contribution in [0.15, 0.2) is 47.1 Å². The number of carbonyl (C=O) groups excluding carboxylic acids is 1. The molecular weight excluding hydrogens is 264 g/mol. The van der Waals surface area contributed by atoms with Crippen molar-refractivity contribution < 1.29 is 13.9 Å². The molecule has 0 unspecified atom stereocenters. The van der Waals surface area contributed by atoms with E-state index in [0.29, 0.717) is 17.9 Å². The highest BCUT2D eigenvalue weighted by Crippen LogP contribution is 2.29. The highest BCUT2D eigenvalue weighted by Gasteiger charge is 2.21. The van der Waals surface area contributed by atoms with E-state index in [2.05, 4.69) is 6.92 Å². The summed E-state index contributed by atoms with van der Waals surface area (Å²) in [5.74, 6) is 0.210. The van der Waals surface area contributed by atoms with Gasteiger partial charge in [0.15, 0.2) is 0 Å². The molecule has 3 heteroatoms. The van der Waals surface area contributed by atoms with E-state index in [0.717, 1.165) is 24.0 Å². The minimum absolute atomic E-state index is 0.344. The van der Waals surface area contributed by atoms with Gasteiger partial charge in [0.2, 0.25) is 0 Å². The summed E-state index contributed by atoms with van der Waals surface area (Å²) in [4.78, 5) is 12.2. The molecule has 0 saturated heterocycles. The first kappa shape index (κ1) is 15.1. The number of rotatable bonds is 6. The summed E-state index contributed by atoms with van der Waals surface area (Å²) in [6.07, 6.45) is 7.48. The topological polar surface area (TPSA) is 39.4 Å². The maximum atomic E-state index is 12.2. The minimum Gasteiger partial charge on any atom is -0.463 e. The third-order valence-electron chi connectivity index (χ3n) is 3.11. The molecule has 1 aromatic carbocycles. The smallest absolute Gasteiger partial charge is 0.342 e. The van der Waals surface area contributed by atoms with Crippen molar-refractivity contribution in [3.05, 3.63) is 54.0 Å². The monoisotopic (exact) mass is 284 g/mol. The van der Waals surface area contributed by atoms with Gasteiger partial charge >= 0.3 is 5.97 Å². The number of ether oxygens (including phenoxy) is 1. The Morgan fingerprint density at radius 2 is 2.00 bits per heavy atom. The highest BCUT2D eigenvalue weighted by atomic mass is 16.5. The number of esters is 1. The van der Waals surface area contributed by atoms with E-state index in [-0.39, 0.29) is 5.97 Å². The molecule has 110 valence electrons. The molecule has 2 rings (SSSR count). The molecule has 0 fully saturated rings. The molecule has 21 heavy (non-hydrogen) atoms. The van der Waals surface area contributed by atoms with Crippen molar-refractivity contribution >= 4 is 12.0 Å². The summed E-state index contributed by atoms with van der Waals surface area (Å²) < 4.78 is 10.7. The van der Waals surface area contributed by atoms with Gasteiger partial charge in [-0.3, -0.25) is 0 Å². The number of benzene rings is 1. The largest absolute Gasteiger partial charge is 0.463 e. The fourth-order valence-electron chi connectivity index (χ4n) is 2.10. The van der Waals surface area contributed by atoms with Crippen molar-refractivity contribution in [3.8, 4) is 11.1 Å². The van der Waals surface area contributed by atoms with Crippen LogP contribution in [0, 0.1) is 0 Å². The predicted molar refractivity (Wildman–Crippen MR) is 84.0 cm³/mol. The average molecular weight is 284 g/mol. The van der Waals surface area contributed by atoms with Crippen LogP contribution in [0.25, 0.3) is 17.2 Å². The zero-order valence-electron chi connectivity index (χ0n) is 12.5. The third-order valence-corrected chi connectivity index (χ3v) is 3.11. The van der Waals surface area contributed by atoms with Gasteiger partial charge in [-0.15, -0.1) is 0 Å². The molecule has 0 bridgehead atoms. The molecule has 2 aromatic rings. The molecule has 1 heterocycles. The molecule has 1 aromatic heterocycles. The normalized spacial score (nSPS) is 11.0. The number of unbranched alkanes of at least 4 members (excludes halogenated alkanes) is 1. The van der Waals surface area contributed by atoms with Gasteiger partial charge in [0.25, 0.3) is 0 Å². The molecular formula is C18H20O3. The Balaban J connectivity index is 2.43. The first-order chi connectivity index (χ1) is 10.3. The van der Waals surface area contributed by atoms with E-state index in [1.807, 2.05) is 42.5 Å². The van der Waals surface area contributed by atoms with E-state index in [9.17, 15) is 4.79 Å². The van der Waals surface area contributed by atoms with Crippen molar-refractivity contribution in [2.24, 2.45) is 0 Å². The molecule has 3 nitrogen and oxygen atoms in total. The minimum atomic E-state index is -0.346. The summed E-state index contributed by atoms with van der Waals surface area (Å²) in [6.45, 7) is 4.25. The summed E-state index contributed by atoms with van der Waals surface area (Å²) in [6, 6.07) is 9.71. The maximum absolute atomic E-state index is 12.2. The Kier molecular flexibility index (Phi) is 5.38. The third kappa shape index (κ3) is 3.63. The Hall–Kier alpha value is -2.29. The van der Waals surface area contributed by atoms with Crippen molar-refractivity contribution in [1.82, 2.24) is 0 Å². The lowest BCUT2D eigenvalue weighted by atomic mass is 10.0. The van der Waals surface area contributed by atoms with Gasteiger partial charge in [-0.25, -0.2) is 4.79 Å². The number of furan rings is 1. The Morgan fingerprint density at radius 1 is 1.24 bits per heavy atom. The molecule has 0 atom stereocenters. The predicted octanol–water partition coefficient (Wildman–Crippen LogP) is 4.94. The summed E-state index contributed by atoms with van der Waals surface area (Å²) in [7, 11) is 0. The van der Waals surface area contributed by atoms with Crippen molar-refractivity contribution in [2.45, 2.75) is 26.7 Å². The molecule has 0 saturated carbocycles.